The quantitative estimate of drug-likeness (QED) is 0.466. The number of halogens is 3. The minimum Gasteiger partial charge on any atom is -0.503 e. The van der Waals surface area contributed by atoms with Crippen molar-refractivity contribution in [3.8, 4) is 11.5 Å². The first-order valence-corrected chi connectivity index (χ1v) is 8.28. The van der Waals surface area contributed by atoms with Crippen LogP contribution in [-0.2, 0) is 0 Å². The molecule has 0 spiro atoms. The molecule has 8 heteroatoms. The summed E-state index contributed by atoms with van der Waals surface area (Å²) in [4.78, 5) is 0. The molecule has 0 aromatic heterocycles. The maximum absolute atomic E-state index is 14.1. The highest BCUT2D eigenvalue weighted by Gasteiger charge is 2.32. The first-order valence-electron chi connectivity index (χ1n) is 8.28. The molecule has 2 aromatic carbocycles. The standard InChI is InChI=1S/C14H14F3NO4.2C2H6/c1-5(2)7-3-6(18)4-8-9(7)13(22-14(17,20)21)11(16)12(19)10(8)15;2*1-2/h3-5,19-21H,18H2,1-2H3;2*1-2H3. The van der Waals surface area contributed by atoms with Crippen LogP contribution in [0.3, 0.4) is 0 Å². The normalized spacial score (nSPS) is 10.8. The third kappa shape index (κ3) is 5.15. The Morgan fingerprint density at radius 1 is 1.04 bits per heavy atom. The lowest BCUT2D eigenvalue weighted by molar-refractivity contribution is -0.375. The first kappa shape index (κ1) is 23.8. The summed E-state index contributed by atoms with van der Waals surface area (Å²) >= 11 is 0. The van der Waals surface area contributed by atoms with Crippen LogP contribution in [0.15, 0.2) is 12.1 Å². The predicted octanol–water partition coefficient (Wildman–Crippen LogP) is 4.53. The molecule has 0 heterocycles. The van der Waals surface area contributed by atoms with Crippen molar-refractivity contribution < 1.29 is 33.2 Å². The van der Waals surface area contributed by atoms with Gasteiger partial charge in [0.2, 0.25) is 5.82 Å². The molecule has 26 heavy (non-hydrogen) atoms. The number of aliphatic hydroxyl groups is 2. The molecule has 0 saturated carbocycles. The van der Waals surface area contributed by atoms with Crippen LogP contribution < -0.4 is 10.5 Å². The van der Waals surface area contributed by atoms with Crippen LogP contribution in [0.4, 0.5) is 18.9 Å². The van der Waals surface area contributed by atoms with Gasteiger partial charge in [0.25, 0.3) is 0 Å². The average Bonchev–Trinajstić information content (AvgIpc) is 2.58. The van der Waals surface area contributed by atoms with Crippen molar-refractivity contribution in [1.82, 2.24) is 0 Å². The molecule has 2 rings (SSSR count). The Kier molecular flexibility index (Phi) is 8.69. The van der Waals surface area contributed by atoms with Crippen molar-refractivity contribution in [2.24, 2.45) is 0 Å². The number of benzene rings is 2. The summed E-state index contributed by atoms with van der Waals surface area (Å²) in [5.41, 5.74) is 6.06. The van der Waals surface area contributed by atoms with Crippen LogP contribution in [0, 0.1) is 11.6 Å². The van der Waals surface area contributed by atoms with E-state index in [0.717, 1.165) is 6.07 Å². The second kappa shape index (κ2) is 9.49. The van der Waals surface area contributed by atoms with Gasteiger partial charge in [-0.15, -0.1) is 4.39 Å². The lowest BCUT2D eigenvalue weighted by atomic mass is 9.94. The van der Waals surface area contributed by atoms with Gasteiger partial charge >= 0.3 is 6.23 Å². The number of hydrogen-bond donors (Lipinski definition) is 4. The molecule has 0 amide bonds. The second-order valence-electron chi connectivity index (χ2n) is 5.12. The zero-order valence-electron chi connectivity index (χ0n) is 15.7. The Hall–Kier alpha value is -2.19. The molecule has 0 unspecified atom stereocenters. The van der Waals surface area contributed by atoms with Gasteiger partial charge in [0.15, 0.2) is 17.3 Å². The highest BCUT2D eigenvalue weighted by atomic mass is 19.2. The fourth-order valence-electron chi connectivity index (χ4n) is 2.24. The molecule has 0 aliphatic rings. The Bertz CT molecular complexity index is 744. The van der Waals surface area contributed by atoms with E-state index in [9.17, 15) is 18.3 Å². The van der Waals surface area contributed by atoms with E-state index in [1.165, 1.54) is 6.07 Å². The highest BCUT2D eigenvalue weighted by molar-refractivity contribution is 5.96. The van der Waals surface area contributed by atoms with E-state index < -0.39 is 29.4 Å². The Labute approximate surface area is 150 Å². The van der Waals surface area contributed by atoms with Gasteiger partial charge in [-0.3, -0.25) is 0 Å². The third-order valence-electron chi connectivity index (χ3n) is 3.12. The van der Waals surface area contributed by atoms with Gasteiger partial charge in [-0.05, 0) is 23.6 Å². The van der Waals surface area contributed by atoms with Crippen molar-refractivity contribution >= 4 is 16.5 Å². The summed E-state index contributed by atoms with van der Waals surface area (Å²) in [5, 5.41) is 26.3. The summed E-state index contributed by atoms with van der Waals surface area (Å²) in [5.74, 6) is -5.73. The SMILES string of the molecule is CC.CC.CC(C)c1cc(N)cc2c(F)c(O)c(F)c(OC(O)(O)F)c12. The molecule has 0 radical (unpaired) electrons. The minimum absolute atomic E-state index is 0.131. The zero-order chi connectivity index (χ0) is 20.8. The monoisotopic (exact) mass is 377 g/mol. The molecule has 2 aromatic rings. The van der Waals surface area contributed by atoms with Gasteiger partial charge in [-0.1, -0.05) is 41.5 Å². The van der Waals surface area contributed by atoms with Crippen LogP contribution in [0.5, 0.6) is 11.5 Å². The summed E-state index contributed by atoms with van der Waals surface area (Å²) in [6.07, 6.45) is -4.20. The van der Waals surface area contributed by atoms with Gasteiger partial charge in [-0.25, -0.2) is 4.39 Å². The topological polar surface area (TPSA) is 95.9 Å². The smallest absolute Gasteiger partial charge is 0.492 e. The van der Waals surface area contributed by atoms with E-state index in [-0.39, 0.29) is 27.9 Å². The summed E-state index contributed by atoms with van der Waals surface area (Å²) in [7, 11) is 0. The number of phenolic OH excluding ortho intramolecular Hbond substituents is 1. The van der Waals surface area contributed by atoms with Crippen LogP contribution in [0.2, 0.25) is 0 Å². The third-order valence-corrected chi connectivity index (χ3v) is 3.12. The van der Waals surface area contributed by atoms with Crippen molar-refractivity contribution in [3.05, 3.63) is 29.3 Å². The highest BCUT2D eigenvalue weighted by Crippen LogP contribution is 2.43. The number of aromatic hydroxyl groups is 1. The molecule has 0 aliphatic carbocycles. The zero-order valence-corrected chi connectivity index (χ0v) is 15.7. The number of ether oxygens (including phenoxy) is 1. The van der Waals surface area contributed by atoms with Gasteiger partial charge in [0.05, 0.1) is 0 Å². The minimum atomic E-state index is -4.20. The number of anilines is 1. The summed E-state index contributed by atoms with van der Waals surface area (Å²) in [6, 6.07) is 2.49. The van der Waals surface area contributed by atoms with Gasteiger partial charge in [-0.2, -0.15) is 4.39 Å². The van der Waals surface area contributed by atoms with E-state index in [1.807, 2.05) is 27.7 Å². The Morgan fingerprint density at radius 2 is 1.54 bits per heavy atom. The molecule has 0 fully saturated rings. The summed E-state index contributed by atoms with van der Waals surface area (Å²) in [6.45, 7) is 11.4. The number of phenols is 1. The van der Waals surface area contributed by atoms with Gasteiger partial charge in [0, 0.05) is 16.5 Å². The molecule has 148 valence electrons. The molecular weight excluding hydrogens is 351 g/mol. The lowest BCUT2D eigenvalue weighted by Gasteiger charge is -2.20. The number of alkyl halides is 1. The van der Waals surface area contributed by atoms with Crippen molar-refractivity contribution in [2.45, 2.75) is 53.7 Å². The lowest BCUT2D eigenvalue weighted by Crippen LogP contribution is -2.29. The fraction of sp³-hybridized carbons (Fsp3) is 0.444. The number of rotatable bonds is 3. The van der Waals surface area contributed by atoms with Gasteiger partial charge in [0.1, 0.15) is 0 Å². The number of nitrogens with two attached hydrogens (primary N) is 1. The average molecular weight is 377 g/mol. The molecule has 0 saturated heterocycles. The molecule has 0 atom stereocenters. The molecular formula is C18H26F3NO4. The van der Waals surface area contributed by atoms with E-state index in [2.05, 4.69) is 4.74 Å². The first-order chi connectivity index (χ1) is 12.0. The number of hydrogen-bond acceptors (Lipinski definition) is 5. The van der Waals surface area contributed by atoms with E-state index >= 15 is 0 Å². The van der Waals surface area contributed by atoms with Gasteiger partial charge < -0.3 is 25.8 Å². The largest absolute Gasteiger partial charge is 0.503 e. The second-order valence-corrected chi connectivity index (χ2v) is 5.12. The Morgan fingerprint density at radius 3 is 1.96 bits per heavy atom. The van der Waals surface area contributed by atoms with Crippen LogP contribution in [-0.4, -0.2) is 21.5 Å². The fourth-order valence-corrected chi connectivity index (χ4v) is 2.24. The molecule has 0 bridgehead atoms. The summed E-state index contributed by atoms with van der Waals surface area (Å²) < 4.78 is 45.2. The van der Waals surface area contributed by atoms with Crippen molar-refractivity contribution in [1.29, 1.82) is 0 Å². The van der Waals surface area contributed by atoms with Crippen LogP contribution in [0.1, 0.15) is 53.0 Å². The van der Waals surface area contributed by atoms with E-state index in [1.54, 1.807) is 13.8 Å². The van der Waals surface area contributed by atoms with E-state index in [0.29, 0.717) is 0 Å². The van der Waals surface area contributed by atoms with Crippen LogP contribution >= 0.6 is 0 Å². The molecule has 5 nitrogen and oxygen atoms in total. The molecule has 5 N–H and O–H groups in total. The maximum atomic E-state index is 14.1. The van der Waals surface area contributed by atoms with Crippen molar-refractivity contribution in [2.75, 3.05) is 5.73 Å². The predicted molar refractivity (Wildman–Crippen MR) is 95.6 cm³/mol. The van der Waals surface area contributed by atoms with E-state index in [4.69, 9.17) is 15.9 Å². The van der Waals surface area contributed by atoms with Crippen molar-refractivity contribution in [3.63, 3.8) is 0 Å². The Balaban J connectivity index is 0.00000146. The number of fused-ring (bicyclic) bond motifs is 1. The maximum Gasteiger partial charge on any atom is 0.492 e. The number of nitrogen functional groups attached to an aromatic ring is 1. The molecule has 0 aliphatic heterocycles. The van der Waals surface area contributed by atoms with Crippen LogP contribution in [0.25, 0.3) is 10.8 Å².